The fourth-order valence-electron chi connectivity index (χ4n) is 1.92. The highest BCUT2D eigenvalue weighted by Gasteiger charge is 2.10. The van der Waals surface area contributed by atoms with Crippen molar-refractivity contribution in [3.63, 3.8) is 0 Å². The topological polar surface area (TPSA) is 67.3 Å². The molecule has 1 heterocycles. The minimum atomic E-state index is -0.00356. The summed E-state index contributed by atoms with van der Waals surface area (Å²) in [5.74, 6) is 0.406. The number of aliphatic hydroxyl groups is 1. The van der Waals surface area contributed by atoms with Gasteiger partial charge in [-0.15, -0.1) is 0 Å². The molecule has 2 aromatic rings. The van der Waals surface area contributed by atoms with E-state index < -0.39 is 0 Å². The first kappa shape index (κ1) is 18.2. The van der Waals surface area contributed by atoms with Gasteiger partial charge in [-0.05, 0) is 23.8 Å². The van der Waals surface area contributed by atoms with E-state index in [0.717, 1.165) is 5.56 Å². The Bertz CT molecular complexity index is 636. The largest absolute Gasteiger partial charge is 0.394 e. The number of nitrogens with zero attached hydrogens (tertiary/aromatic N) is 2. The summed E-state index contributed by atoms with van der Waals surface area (Å²) in [4.78, 5) is 8.51. The number of rotatable bonds is 8. The van der Waals surface area contributed by atoms with Gasteiger partial charge in [0.15, 0.2) is 0 Å². The van der Waals surface area contributed by atoms with Crippen molar-refractivity contribution in [1.82, 2.24) is 9.97 Å². The van der Waals surface area contributed by atoms with Crippen molar-refractivity contribution in [1.29, 1.82) is 0 Å². The summed E-state index contributed by atoms with van der Waals surface area (Å²) in [7, 11) is 0. The fraction of sp³-hybridized carbons (Fsp3) is 0.333. The maximum atomic E-state index is 8.63. The SMILES string of the molecule is OCCOCCNc1nc(Cl)cc(Cc2c(Cl)cccc2Cl)n1. The number of halogens is 3. The van der Waals surface area contributed by atoms with Crippen LogP contribution in [0.1, 0.15) is 11.3 Å². The monoisotopic (exact) mass is 375 g/mol. The lowest BCUT2D eigenvalue weighted by molar-refractivity contribution is 0.0991. The van der Waals surface area contributed by atoms with Gasteiger partial charge in [-0.25, -0.2) is 9.97 Å². The van der Waals surface area contributed by atoms with Gasteiger partial charge in [-0.1, -0.05) is 40.9 Å². The fourth-order valence-corrected chi connectivity index (χ4v) is 2.65. The predicted molar refractivity (Wildman–Crippen MR) is 92.7 cm³/mol. The zero-order chi connectivity index (χ0) is 16.7. The molecular formula is C15H16Cl3N3O2. The average Bonchev–Trinajstić information content (AvgIpc) is 2.50. The summed E-state index contributed by atoms with van der Waals surface area (Å²) in [6, 6.07) is 7.03. The molecule has 0 fully saturated rings. The molecule has 0 aliphatic heterocycles. The van der Waals surface area contributed by atoms with Crippen LogP contribution >= 0.6 is 34.8 Å². The van der Waals surface area contributed by atoms with E-state index >= 15 is 0 Å². The highest BCUT2D eigenvalue weighted by atomic mass is 35.5. The second-order valence-electron chi connectivity index (χ2n) is 4.65. The molecule has 23 heavy (non-hydrogen) atoms. The molecule has 0 aliphatic rings. The molecule has 2 rings (SSSR count). The van der Waals surface area contributed by atoms with Crippen LogP contribution in [0.4, 0.5) is 5.95 Å². The number of aromatic nitrogens is 2. The summed E-state index contributed by atoms with van der Waals surface area (Å²) in [5.41, 5.74) is 1.50. The third-order valence-electron chi connectivity index (χ3n) is 2.93. The van der Waals surface area contributed by atoms with E-state index in [1.165, 1.54) is 0 Å². The Morgan fingerprint density at radius 3 is 2.52 bits per heavy atom. The summed E-state index contributed by atoms with van der Waals surface area (Å²) in [5, 5.41) is 13.1. The minimum absolute atomic E-state index is 0.00356. The number of nitrogens with one attached hydrogen (secondary N) is 1. The number of ether oxygens (including phenoxy) is 1. The number of benzene rings is 1. The van der Waals surface area contributed by atoms with Crippen LogP contribution in [0.3, 0.4) is 0 Å². The van der Waals surface area contributed by atoms with Gasteiger partial charge in [0.25, 0.3) is 0 Å². The van der Waals surface area contributed by atoms with Gasteiger partial charge >= 0.3 is 0 Å². The number of anilines is 1. The van der Waals surface area contributed by atoms with Gasteiger partial charge in [-0.3, -0.25) is 0 Å². The van der Waals surface area contributed by atoms with Crippen molar-refractivity contribution in [2.45, 2.75) is 6.42 Å². The van der Waals surface area contributed by atoms with Crippen LogP contribution in [-0.2, 0) is 11.2 Å². The molecule has 124 valence electrons. The molecule has 2 N–H and O–H groups in total. The first-order chi connectivity index (χ1) is 11.1. The normalized spacial score (nSPS) is 10.8. The van der Waals surface area contributed by atoms with E-state index in [-0.39, 0.29) is 6.61 Å². The summed E-state index contributed by atoms with van der Waals surface area (Å²) < 4.78 is 5.16. The molecule has 0 spiro atoms. The predicted octanol–water partition coefficient (Wildman–Crippen LogP) is 3.45. The van der Waals surface area contributed by atoms with Gasteiger partial charge in [0, 0.05) is 23.0 Å². The van der Waals surface area contributed by atoms with E-state index in [0.29, 0.717) is 53.0 Å². The first-order valence-electron chi connectivity index (χ1n) is 6.99. The van der Waals surface area contributed by atoms with Gasteiger partial charge in [0.1, 0.15) is 5.15 Å². The third-order valence-corrected chi connectivity index (χ3v) is 3.83. The Labute approximate surface area is 149 Å². The Balaban J connectivity index is 2.05. The van der Waals surface area contributed by atoms with Crippen LogP contribution in [0.5, 0.6) is 0 Å². The van der Waals surface area contributed by atoms with Gasteiger partial charge in [-0.2, -0.15) is 0 Å². The zero-order valence-electron chi connectivity index (χ0n) is 12.2. The molecule has 0 bridgehead atoms. The lowest BCUT2D eigenvalue weighted by Crippen LogP contribution is -2.13. The zero-order valence-corrected chi connectivity index (χ0v) is 14.5. The molecule has 0 unspecified atom stereocenters. The molecule has 5 nitrogen and oxygen atoms in total. The molecular weight excluding hydrogens is 361 g/mol. The summed E-state index contributed by atoms with van der Waals surface area (Å²) >= 11 is 18.4. The van der Waals surface area contributed by atoms with E-state index in [2.05, 4.69) is 15.3 Å². The van der Waals surface area contributed by atoms with Crippen LogP contribution in [0.2, 0.25) is 15.2 Å². The maximum absolute atomic E-state index is 8.63. The lowest BCUT2D eigenvalue weighted by Gasteiger charge is -2.09. The average molecular weight is 377 g/mol. The van der Waals surface area contributed by atoms with Crippen molar-refractivity contribution < 1.29 is 9.84 Å². The van der Waals surface area contributed by atoms with Crippen molar-refractivity contribution in [3.05, 3.63) is 50.7 Å². The van der Waals surface area contributed by atoms with E-state index in [1.54, 1.807) is 24.3 Å². The molecule has 0 aliphatic carbocycles. The Morgan fingerprint density at radius 2 is 1.83 bits per heavy atom. The van der Waals surface area contributed by atoms with Crippen LogP contribution in [0.25, 0.3) is 0 Å². The highest BCUT2D eigenvalue weighted by Crippen LogP contribution is 2.27. The van der Waals surface area contributed by atoms with Gasteiger partial charge in [0.2, 0.25) is 5.95 Å². The Morgan fingerprint density at radius 1 is 1.09 bits per heavy atom. The maximum Gasteiger partial charge on any atom is 0.224 e. The number of hydrogen-bond acceptors (Lipinski definition) is 5. The van der Waals surface area contributed by atoms with Crippen molar-refractivity contribution >= 4 is 40.8 Å². The molecule has 0 amide bonds. The standard InChI is InChI=1S/C15H16Cl3N3O2/c16-12-2-1-3-13(17)11(12)8-10-9-14(18)21-15(20-10)19-4-6-23-7-5-22/h1-3,9,22H,4-8H2,(H,19,20,21). The second kappa shape index (κ2) is 9.25. The Kier molecular flexibility index (Phi) is 7.33. The van der Waals surface area contributed by atoms with Crippen molar-refractivity contribution in [2.24, 2.45) is 0 Å². The third kappa shape index (κ3) is 5.79. The molecule has 1 aromatic heterocycles. The van der Waals surface area contributed by atoms with E-state index in [9.17, 15) is 0 Å². The molecule has 0 saturated carbocycles. The number of aliphatic hydroxyl groups excluding tert-OH is 1. The lowest BCUT2D eigenvalue weighted by atomic mass is 10.1. The molecule has 0 atom stereocenters. The van der Waals surface area contributed by atoms with Crippen LogP contribution in [-0.4, -0.2) is 41.4 Å². The quantitative estimate of drug-likeness (QED) is 0.545. The molecule has 0 radical (unpaired) electrons. The van der Waals surface area contributed by atoms with E-state index in [1.807, 2.05) is 0 Å². The van der Waals surface area contributed by atoms with Crippen molar-refractivity contribution in [3.8, 4) is 0 Å². The van der Waals surface area contributed by atoms with Crippen LogP contribution in [0.15, 0.2) is 24.3 Å². The smallest absolute Gasteiger partial charge is 0.224 e. The minimum Gasteiger partial charge on any atom is -0.394 e. The summed E-state index contributed by atoms with van der Waals surface area (Å²) in [6.45, 7) is 1.24. The Hall–Kier alpha value is -1.11. The number of hydrogen-bond donors (Lipinski definition) is 2. The van der Waals surface area contributed by atoms with Crippen molar-refractivity contribution in [2.75, 3.05) is 31.7 Å². The molecule has 8 heteroatoms. The summed E-state index contributed by atoms with van der Waals surface area (Å²) in [6.07, 6.45) is 0.455. The molecule has 1 aromatic carbocycles. The first-order valence-corrected chi connectivity index (χ1v) is 8.12. The molecule has 0 saturated heterocycles. The van der Waals surface area contributed by atoms with Crippen LogP contribution in [0, 0.1) is 0 Å². The highest BCUT2D eigenvalue weighted by molar-refractivity contribution is 6.36. The second-order valence-corrected chi connectivity index (χ2v) is 5.85. The van der Waals surface area contributed by atoms with Crippen LogP contribution < -0.4 is 5.32 Å². The van der Waals surface area contributed by atoms with Gasteiger partial charge in [0.05, 0.1) is 25.5 Å². The van der Waals surface area contributed by atoms with Gasteiger partial charge < -0.3 is 15.2 Å². The van der Waals surface area contributed by atoms with E-state index in [4.69, 9.17) is 44.6 Å².